The van der Waals surface area contributed by atoms with Crippen LogP contribution in [0.1, 0.15) is 18.1 Å². The Morgan fingerprint density at radius 1 is 1.62 bits per heavy atom. The summed E-state index contributed by atoms with van der Waals surface area (Å²) < 4.78 is 5.53. The fraction of sp³-hybridized carbons (Fsp3) is 0.273. The van der Waals surface area contributed by atoms with Crippen molar-refractivity contribution in [1.29, 1.82) is 5.26 Å². The van der Waals surface area contributed by atoms with Gasteiger partial charge in [-0.3, -0.25) is 4.79 Å². The highest BCUT2D eigenvalue weighted by Crippen LogP contribution is 2.28. The van der Waals surface area contributed by atoms with Crippen LogP contribution in [0.5, 0.6) is 0 Å². The van der Waals surface area contributed by atoms with Crippen molar-refractivity contribution < 1.29 is 9.53 Å². The fourth-order valence-electron chi connectivity index (χ4n) is 1.20. The number of hydrogen-bond acceptors (Lipinski definition) is 3. The fourth-order valence-corrected chi connectivity index (χ4v) is 2.06. The highest BCUT2D eigenvalue weighted by Gasteiger charge is 2.14. The molecule has 0 heterocycles. The molecular formula is C11H9BrClNO2. The summed E-state index contributed by atoms with van der Waals surface area (Å²) in [5, 5.41) is 9.10. The number of carbonyl (C=O) groups excluding carboxylic acids is 1. The topological polar surface area (TPSA) is 50.1 Å². The van der Waals surface area contributed by atoms with Crippen LogP contribution in [0.2, 0.25) is 5.02 Å². The average molecular weight is 303 g/mol. The lowest BCUT2D eigenvalue weighted by Crippen LogP contribution is -2.08. The van der Waals surface area contributed by atoms with E-state index in [-0.39, 0.29) is 12.4 Å². The molecule has 1 rings (SSSR count). The van der Waals surface area contributed by atoms with Gasteiger partial charge in [-0.2, -0.15) is 5.26 Å². The Balaban J connectivity index is 3.04. The summed E-state index contributed by atoms with van der Waals surface area (Å²) >= 11 is 9.29. The molecule has 0 unspecified atom stereocenters. The van der Waals surface area contributed by atoms with E-state index in [0.29, 0.717) is 27.2 Å². The van der Waals surface area contributed by atoms with E-state index in [9.17, 15) is 4.79 Å². The van der Waals surface area contributed by atoms with Gasteiger partial charge in [0, 0.05) is 4.47 Å². The third-order valence-corrected chi connectivity index (χ3v) is 3.11. The van der Waals surface area contributed by atoms with Crippen molar-refractivity contribution in [2.24, 2.45) is 0 Å². The van der Waals surface area contributed by atoms with Crippen LogP contribution in [-0.2, 0) is 16.0 Å². The van der Waals surface area contributed by atoms with E-state index in [1.54, 1.807) is 19.1 Å². The van der Waals surface area contributed by atoms with E-state index in [0.717, 1.165) is 0 Å². The van der Waals surface area contributed by atoms with E-state index in [4.69, 9.17) is 21.6 Å². The minimum atomic E-state index is -0.361. The van der Waals surface area contributed by atoms with Gasteiger partial charge in [-0.1, -0.05) is 27.5 Å². The monoisotopic (exact) mass is 301 g/mol. The maximum Gasteiger partial charge on any atom is 0.310 e. The number of rotatable bonds is 3. The molecular weight excluding hydrogens is 293 g/mol. The van der Waals surface area contributed by atoms with Crippen molar-refractivity contribution >= 4 is 33.5 Å². The molecule has 16 heavy (non-hydrogen) atoms. The lowest BCUT2D eigenvalue weighted by atomic mass is 10.1. The molecule has 0 aliphatic heterocycles. The molecule has 0 N–H and O–H groups in total. The second-order valence-electron chi connectivity index (χ2n) is 2.98. The zero-order valence-corrected chi connectivity index (χ0v) is 10.9. The van der Waals surface area contributed by atoms with Gasteiger partial charge in [0.2, 0.25) is 0 Å². The van der Waals surface area contributed by atoms with E-state index in [1.165, 1.54) is 0 Å². The lowest BCUT2D eigenvalue weighted by Gasteiger charge is -2.07. The summed E-state index contributed by atoms with van der Waals surface area (Å²) in [5.41, 5.74) is 0.934. The smallest absolute Gasteiger partial charge is 0.310 e. The number of ether oxygens (including phenoxy) is 1. The van der Waals surface area contributed by atoms with Gasteiger partial charge in [0.05, 0.1) is 23.6 Å². The molecule has 5 heteroatoms. The molecule has 0 bridgehead atoms. The molecule has 1 aromatic carbocycles. The molecule has 0 spiro atoms. The van der Waals surface area contributed by atoms with Crippen molar-refractivity contribution in [2.45, 2.75) is 13.3 Å². The standard InChI is InChI=1S/C11H9BrClNO2/c1-2-16-10(15)5-8-9(12)4-3-7(6-14)11(8)13/h3-4H,2,5H2,1H3. The van der Waals surface area contributed by atoms with E-state index >= 15 is 0 Å². The number of halogens is 2. The van der Waals surface area contributed by atoms with Gasteiger partial charge < -0.3 is 4.74 Å². The van der Waals surface area contributed by atoms with Crippen molar-refractivity contribution in [1.82, 2.24) is 0 Å². The zero-order valence-electron chi connectivity index (χ0n) is 8.59. The van der Waals surface area contributed by atoms with Gasteiger partial charge in [-0.05, 0) is 24.6 Å². The molecule has 0 radical (unpaired) electrons. The van der Waals surface area contributed by atoms with E-state index in [1.807, 2.05) is 6.07 Å². The molecule has 0 amide bonds. The summed E-state index contributed by atoms with van der Waals surface area (Å²) in [6, 6.07) is 5.25. The van der Waals surface area contributed by atoms with Crippen LogP contribution in [-0.4, -0.2) is 12.6 Å². The first kappa shape index (κ1) is 13.0. The van der Waals surface area contributed by atoms with Crippen molar-refractivity contribution in [2.75, 3.05) is 6.61 Å². The predicted octanol–water partition coefficient (Wildman–Crippen LogP) is 3.08. The van der Waals surface area contributed by atoms with Gasteiger partial charge in [0.15, 0.2) is 0 Å². The van der Waals surface area contributed by atoms with Gasteiger partial charge in [-0.25, -0.2) is 0 Å². The Labute approximate surface area is 107 Å². The Kier molecular flexibility index (Phi) is 4.78. The molecule has 0 aromatic heterocycles. The molecule has 0 saturated carbocycles. The summed E-state index contributed by atoms with van der Waals surface area (Å²) in [6.45, 7) is 2.06. The van der Waals surface area contributed by atoms with Gasteiger partial charge >= 0.3 is 5.97 Å². The van der Waals surface area contributed by atoms with Crippen molar-refractivity contribution in [3.8, 4) is 6.07 Å². The SMILES string of the molecule is CCOC(=O)Cc1c(Br)ccc(C#N)c1Cl. The largest absolute Gasteiger partial charge is 0.466 e. The number of carbonyl (C=O) groups is 1. The van der Waals surface area contributed by atoms with Gasteiger partial charge in [-0.15, -0.1) is 0 Å². The summed E-state index contributed by atoms with van der Waals surface area (Å²) in [7, 11) is 0. The minimum absolute atomic E-state index is 0.0583. The Hall–Kier alpha value is -1.05. The molecule has 3 nitrogen and oxygen atoms in total. The summed E-state index contributed by atoms with van der Waals surface area (Å²) in [5.74, 6) is -0.361. The van der Waals surface area contributed by atoms with E-state index in [2.05, 4.69) is 15.9 Å². The number of benzene rings is 1. The van der Waals surface area contributed by atoms with Crippen LogP contribution in [0.15, 0.2) is 16.6 Å². The normalized spacial score (nSPS) is 9.62. The third kappa shape index (κ3) is 2.97. The molecule has 0 fully saturated rings. The Bertz CT molecular complexity index is 454. The van der Waals surface area contributed by atoms with Crippen LogP contribution in [0.4, 0.5) is 0 Å². The lowest BCUT2D eigenvalue weighted by molar-refractivity contribution is -0.142. The average Bonchev–Trinajstić information content (AvgIpc) is 2.25. The van der Waals surface area contributed by atoms with E-state index < -0.39 is 0 Å². The molecule has 0 saturated heterocycles. The van der Waals surface area contributed by atoms with Crippen LogP contribution < -0.4 is 0 Å². The first-order chi connectivity index (χ1) is 7.60. The maximum atomic E-state index is 11.3. The van der Waals surface area contributed by atoms with Crippen molar-refractivity contribution in [3.05, 3.63) is 32.8 Å². The highest BCUT2D eigenvalue weighted by molar-refractivity contribution is 9.10. The molecule has 0 aliphatic rings. The first-order valence-corrected chi connectivity index (χ1v) is 5.79. The first-order valence-electron chi connectivity index (χ1n) is 4.62. The highest BCUT2D eigenvalue weighted by atomic mass is 79.9. The Morgan fingerprint density at radius 2 is 2.31 bits per heavy atom. The minimum Gasteiger partial charge on any atom is -0.466 e. The quantitative estimate of drug-likeness (QED) is 0.806. The molecule has 84 valence electrons. The number of nitriles is 1. The molecule has 0 aliphatic carbocycles. The van der Waals surface area contributed by atoms with Crippen LogP contribution in [0.25, 0.3) is 0 Å². The second-order valence-corrected chi connectivity index (χ2v) is 4.21. The molecule has 1 aromatic rings. The zero-order chi connectivity index (χ0) is 12.1. The van der Waals surface area contributed by atoms with Crippen LogP contribution >= 0.6 is 27.5 Å². The number of hydrogen-bond donors (Lipinski definition) is 0. The van der Waals surface area contributed by atoms with Crippen molar-refractivity contribution in [3.63, 3.8) is 0 Å². The number of nitrogens with zero attached hydrogens (tertiary/aromatic N) is 1. The maximum absolute atomic E-state index is 11.3. The van der Waals surface area contributed by atoms with Gasteiger partial charge in [0.25, 0.3) is 0 Å². The third-order valence-electron chi connectivity index (χ3n) is 1.93. The van der Waals surface area contributed by atoms with Crippen LogP contribution in [0, 0.1) is 11.3 Å². The second kappa shape index (κ2) is 5.88. The number of esters is 1. The molecule has 0 atom stereocenters. The Morgan fingerprint density at radius 3 is 2.88 bits per heavy atom. The summed E-state index contributed by atoms with van der Waals surface area (Å²) in [4.78, 5) is 11.3. The van der Waals surface area contributed by atoms with Crippen LogP contribution in [0.3, 0.4) is 0 Å². The van der Waals surface area contributed by atoms with Gasteiger partial charge in [0.1, 0.15) is 6.07 Å². The predicted molar refractivity (Wildman–Crippen MR) is 64.2 cm³/mol. The summed E-state index contributed by atoms with van der Waals surface area (Å²) in [6.07, 6.45) is 0.0583.